The Morgan fingerprint density at radius 3 is 2.48 bits per heavy atom. The van der Waals surface area contributed by atoms with Gasteiger partial charge in [-0.05, 0) is 75.0 Å². The highest BCUT2D eigenvalue weighted by atomic mass is 19.1. The van der Waals surface area contributed by atoms with Crippen LogP contribution in [-0.4, -0.2) is 30.4 Å². The molecule has 0 radical (unpaired) electrons. The number of anilines is 1. The van der Waals surface area contributed by atoms with Gasteiger partial charge in [0.05, 0.1) is 0 Å². The average Bonchev–Trinajstić information content (AvgIpc) is 2.98. The predicted molar refractivity (Wildman–Crippen MR) is 113 cm³/mol. The molecule has 2 fully saturated rings. The maximum Gasteiger partial charge on any atom is 0.230 e. The van der Waals surface area contributed by atoms with Gasteiger partial charge in [0.1, 0.15) is 5.82 Å². The van der Waals surface area contributed by atoms with Crippen LogP contribution < -0.4 is 4.90 Å². The van der Waals surface area contributed by atoms with Crippen molar-refractivity contribution in [3.63, 3.8) is 0 Å². The molecule has 1 spiro atoms. The fraction of sp³-hybridized carbons (Fsp3) is 0.480. The number of rotatable bonds is 3. The molecule has 3 nitrogen and oxygen atoms in total. The lowest BCUT2D eigenvalue weighted by atomic mass is 9.74. The van der Waals surface area contributed by atoms with E-state index in [1.54, 1.807) is 6.07 Å². The molecule has 1 amide bonds. The van der Waals surface area contributed by atoms with E-state index in [1.807, 2.05) is 11.0 Å². The van der Waals surface area contributed by atoms with Crippen LogP contribution in [0.25, 0.3) is 0 Å². The van der Waals surface area contributed by atoms with Crippen LogP contribution in [0.1, 0.15) is 48.8 Å². The van der Waals surface area contributed by atoms with Crippen LogP contribution in [0.15, 0.2) is 42.5 Å². The largest absolute Gasteiger partial charge is 0.311 e. The van der Waals surface area contributed by atoms with Crippen molar-refractivity contribution in [1.29, 1.82) is 0 Å². The van der Waals surface area contributed by atoms with Crippen molar-refractivity contribution < 1.29 is 9.18 Å². The fourth-order valence-electron chi connectivity index (χ4n) is 5.23. The molecule has 0 aromatic heterocycles. The highest BCUT2D eigenvalue weighted by Crippen LogP contribution is 2.48. The minimum absolute atomic E-state index is 0.0966. The van der Waals surface area contributed by atoms with Gasteiger partial charge >= 0.3 is 0 Å². The summed E-state index contributed by atoms with van der Waals surface area (Å²) in [6.45, 7) is 5.75. The van der Waals surface area contributed by atoms with E-state index in [-0.39, 0.29) is 23.1 Å². The summed E-state index contributed by atoms with van der Waals surface area (Å²) in [5.41, 5.74) is 4.54. The zero-order valence-electron chi connectivity index (χ0n) is 17.2. The van der Waals surface area contributed by atoms with E-state index < -0.39 is 0 Å². The van der Waals surface area contributed by atoms with Gasteiger partial charge in [-0.25, -0.2) is 4.39 Å². The van der Waals surface area contributed by atoms with Gasteiger partial charge in [-0.15, -0.1) is 0 Å². The van der Waals surface area contributed by atoms with Crippen LogP contribution in [0.5, 0.6) is 0 Å². The molecule has 1 saturated carbocycles. The van der Waals surface area contributed by atoms with Gasteiger partial charge in [-0.1, -0.05) is 36.2 Å². The third-order valence-corrected chi connectivity index (χ3v) is 7.34. The number of halogens is 1. The third kappa shape index (κ3) is 3.38. The zero-order valence-corrected chi connectivity index (χ0v) is 17.2. The van der Waals surface area contributed by atoms with Crippen molar-refractivity contribution in [2.45, 2.75) is 51.0 Å². The van der Waals surface area contributed by atoms with Crippen LogP contribution in [0.2, 0.25) is 0 Å². The maximum atomic E-state index is 14.1. The van der Waals surface area contributed by atoms with Gasteiger partial charge in [0.15, 0.2) is 0 Å². The van der Waals surface area contributed by atoms with E-state index in [4.69, 9.17) is 0 Å². The molecule has 4 heteroatoms. The smallest absolute Gasteiger partial charge is 0.230 e. The number of benzene rings is 2. The molecule has 29 heavy (non-hydrogen) atoms. The van der Waals surface area contributed by atoms with Crippen molar-refractivity contribution in [3.8, 4) is 0 Å². The van der Waals surface area contributed by atoms with E-state index in [1.165, 1.54) is 17.2 Å². The molecule has 1 saturated heterocycles. The normalized spacial score (nSPS) is 21.2. The van der Waals surface area contributed by atoms with Gasteiger partial charge in [0, 0.05) is 30.1 Å². The molecular weight excluding hydrogens is 363 g/mol. The first-order valence-corrected chi connectivity index (χ1v) is 10.9. The molecule has 5 rings (SSSR count). The quantitative estimate of drug-likeness (QED) is 0.748. The topological polar surface area (TPSA) is 23.6 Å². The minimum Gasteiger partial charge on any atom is -0.311 e. The molecule has 0 atom stereocenters. The number of hydrogen-bond acceptors (Lipinski definition) is 2. The van der Waals surface area contributed by atoms with Crippen LogP contribution in [0.3, 0.4) is 0 Å². The Morgan fingerprint density at radius 2 is 1.83 bits per heavy atom. The van der Waals surface area contributed by atoms with Crippen molar-refractivity contribution >= 4 is 11.6 Å². The van der Waals surface area contributed by atoms with E-state index in [2.05, 4.69) is 36.1 Å². The summed E-state index contributed by atoms with van der Waals surface area (Å²) in [5, 5.41) is 0. The van der Waals surface area contributed by atoms with Crippen LogP contribution in [0.4, 0.5) is 10.1 Å². The molecule has 0 N–H and O–H groups in total. The Bertz CT molecular complexity index is 911. The van der Waals surface area contributed by atoms with Crippen molar-refractivity contribution in [2.75, 3.05) is 24.5 Å². The lowest BCUT2D eigenvalue weighted by Gasteiger charge is -2.40. The van der Waals surface area contributed by atoms with Crippen LogP contribution in [-0.2, 0) is 16.8 Å². The second-order valence-corrected chi connectivity index (χ2v) is 9.26. The number of carbonyl (C=O) groups is 1. The second-order valence-electron chi connectivity index (χ2n) is 9.26. The van der Waals surface area contributed by atoms with E-state index in [9.17, 15) is 9.18 Å². The molecular formula is C25H29FN2O. The first-order chi connectivity index (χ1) is 14.0. The molecule has 2 aliphatic heterocycles. The highest BCUT2D eigenvalue weighted by Gasteiger charge is 2.47. The van der Waals surface area contributed by atoms with Crippen LogP contribution in [0, 0.1) is 18.7 Å². The fourth-order valence-corrected chi connectivity index (χ4v) is 5.23. The first-order valence-electron chi connectivity index (χ1n) is 10.9. The SMILES string of the molecule is Cc1ccc(CN2CCC3(CC2)CN(C(=O)C2CCC2)c2ccc(F)cc23)cc1. The summed E-state index contributed by atoms with van der Waals surface area (Å²) in [4.78, 5) is 17.5. The number of likely N-dealkylation sites (tertiary alicyclic amines) is 1. The molecule has 0 unspecified atom stereocenters. The Balaban J connectivity index is 1.35. The number of piperidine rings is 1. The minimum atomic E-state index is -0.192. The third-order valence-electron chi connectivity index (χ3n) is 7.34. The number of carbonyl (C=O) groups excluding carboxylic acids is 1. The molecule has 0 bridgehead atoms. The Labute approximate surface area is 172 Å². The summed E-state index contributed by atoms with van der Waals surface area (Å²) in [5.74, 6) is 0.232. The molecule has 3 aliphatic rings. The Kier molecular flexibility index (Phi) is 4.70. The number of hydrogen-bond donors (Lipinski definition) is 0. The summed E-state index contributed by atoms with van der Waals surface area (Å²) >= 11 is 0. The molecule has 2 heterocycles. The molecule has 2 aromatic carbocycles. The number of nitrogens with zero attached hydrogens (tertiary/aromatic N) is 2. The summed E-state index contributed by atoms with van der Waals surface area (Å²) in [6, 6.07) is 13.8. The Hall–Kier alpha value is -2.20. The standard InChI is InChI=1S/C25H29FN2O/c1-18-5-7-19(8-6-18)16-27-13-11-25(12-14-27)17-28(24(29)20-3-2-4-20)23-10-9-21(26)15-22(23)25/h5-10,15,20H,2-4,11-14,16-17H2,1H3. The van der Waals surface area contributed by atoms with Crippen molar-refractivity contribution in [3.05, 3.63) is 65.0 Å². The first kappa shape index (κ1) is 18.8. The summed E-state index contributed by atoms with van der Waals surface area (Å²) in [7, 11) is 0. The van der Waals surface area contributed by atoms with Gasteiger partial charge in [0.2, 0.25) is 5.91 Å². The summed E-state index contributed by atoms with van der Waals surface area (Å²) < 4.78 is 14.1. The average molecular weight is 393 g/mol. The van der Waals surface area contributed by atoms with Gasteiger partial charge in [-0.2, -0.15) is 0 Å². The molecule has 2 aromatic rings. The van der Waals surface area contributed by atoms with Gasteiger partial charge in [0.25, 0.3) is 0 Å². The lowest BCUT2D eigenvalue weighted by Crippen LogP contribution is -2.47. The molecule has 152 valence electrons. The highest BCUT2D eigenvalue weighted by molar-refractivity contribution is 5.98. The Morgan fingerprint density at radius 1 is 1.10 bits per heavy atom. The van der Waals surface area contributed by atoms with E-state index in [0.29, 0.717) is 0 Å². The van der Waals surface area contributed by atoms with E-state index >= 15 is 0 Å². The number of aryl methyl sites for hydroxylation is 1. The van der Waals surface area contributed by atoms with Gasteiger partial charge in [-0.3, -0.25) is 9.69 Å². The number of amides is 1. The van der Waals surface area contributed by atoms with Crippen LogP contribution >= 0.6 is 0 Å². The van der Waals surface area contributed by atoms with Crippen molar-refractivity contribution in [1.82, 2.24) is 4.90 Å². The van der Waals surface area contributed by atoms with Crippen molar-refractivity contribution in [2.24, 2.45) is 5.92 Å². The zero-order chi connectivity index (χ0) is 20.0. The number of fused-ring (bicyclic) bond motifs is 2. The maximum absolute atomic E-state index is 14.1. The second kappa shape index (κ2) is 7.24. The molecule has 1 aliphatic carbocycles. The monoisotopic (exact) mass is 392 g/mol. The summed E-state index contributed by atoms with van der Waals surface area (Å²) in [6.07, 6.45) is 5.11. The predicted octanol–water partition coefficient (Wildman–Crippen LogP) is 4.81. The van der Waals surface area contributed by atoms with E-state index in [0.717, 1.165) is 69.5 Å². The lowest BCUT2D eigenvalue weighted by molar-refractivity contribution is -0.124. The van der Waals surface area contributed by atoms with Gasteiger partial charge < -0.3 is 4.90 Å².